The molecule has 0 saturated carbocycles. The lowest BCUT2D eigenvalue weighted by atomic mass is 10.2. The maximum atomic E-state index is 12.8. The Hall–Kier alpha value is -3.52. The van der Waals surface area contributed by atoms with E-state index in [4.69, 9.17) is 9.15 Å². The Bertz CT molecular complexity index is 1190. The van der Waals surface area contributed by atoms with Crippen LogP contribution in [0.3, 0.4) is 0 Å². The number of benzene rings is 2. The highest BCUT2D eigenvalue weighted by atomic mass is 32.2. The number of carbonyl (C=O) groups is 1. The predicted octanol–water partition coefficient (Wildman–Crippen LogP) is 4.64. The number of hydrogen-bond acceptors (Lipinski definition) is 6. The molecule has 4 aromatic rings. The number of thioether (sulfide) groups is 1. The molecule has 1 unspecified atom stereocenters. The molecule has 2 aromatic carbocycles. The maximum absolute atomic E-state index is 12.8. The second kappa shape index (κ2) is 9.74. The average molecular weight is 449 g/mol. The van der Waals surface area contributed by atoms with Crippen LogP contribution in [0.15, 0.2) is 76.5 Å². The highest BCUT2D eigenvalue weighted by Crippen LogP contribution is 2.31. The summed E-state index contributed by atoms with van der Waals surface area (Å²) in [6.07, 6.45) is 1.64. The molecule has 32 heavy (non-hydrogen) atoms. The minimum Gasteiger partial charge on any atom is -0.497 e. The average Bonchev–Trinajstić information content (AvgIpc) is 3.43. The van der Waals surface area contributed by atoms with Gasteiger partial charge < -0.3 is 14.5 Å². The molecule has 1 N–H and O–H groups in total. The van der Waals surface area contributed by atoms with Gasteiger partial charge in [0.25, 0.3) is 0 Å². The number of nitrogens with zero attached hydrogens (tertiary/aromatic N) is 3. The van der Waals surface area contributed by atoms with Gasteiger partial charge in [-0.05, 0) is 49.7 Å². The zero-order chi connectivity index (χ0) is 22.5. The maximum Gasteiger partial charge on any atom is 0.233 e. The van der Waals surface area contributed by atoms with Gasteiger partial charge in [0.2, 0.25) is 5.91 Å². The fourth-order valence-corrected chi connectivity index (χ4v) is 4.13. The third-order valence-corrected chi connectivity index (χ3v) is 6.07. The number of aryl methyl sites for hydroxylation is 1. The molecule has 0 aliphatic heterocycles. The molecule has 1 amide bonds. The monoisotopic (exact) mass is 448 g/mol. The van der Waals surface area contributed by atoms with Crippen molar-refractivity contribution in [1.29, 1.82) is 0 Å². The lowest BCUT2D eigenvalue weighted by Crippen LogP contribution is -2.30. The Labute approximate surface area is 190 Å². The molecule has 2 aromatic heterocycles. The van der Waals surface area contributed by atoms with Crippen LogP contribution in [0.2, 0.25) is 0 Å². The van der Waals surface area contributed by atoms with Gasteiger partial charge in [0, 0.05) is 12.2 Å². The first-order valence-electron chi connectivity index (χ1n) is 10.2. The largest absolute Gasteiger partial charge is 0.497 e. The van der Waals surface area contributed by atoms with E-state index >= 15 is 0 Å². The van der Waals surface area contributed by atoms with Gasteiger partial charge in [-0.3, -0.25) is 9.36 Å². The molecule has 2 heterocycles. The second-order valence-electron chi connectivity index (χ2n) is 7.19. The molecule has 0 spiro atoms. The fourth-order valence-electron chi connectivity index (χ4n) is 3.24. The van der Waals surface area contributed by atoms with Crippen molar-refractivity contribution >= 4 is 17.7 Å². The van der Waals surface area contributed by atoms with Crippen molar-refractivity contribution < 1.29 is 13.9 Å². The van der Waals surface area contributed by atoms with Crippen molar-refractivity contribution in [1.82, 2.24) is 20.1 Å². The first-order chi connectivity index (χ1) is 15.6. The lowest BCUT2D eigenvalue weighted by Gasteiger charge is -2.14. The van der Waals surface area contributed by atoms with Crippen LogP contribution in [0, 0.1) is 6.92 Å². The van der Waals surface area contributed by atoms with Crippen molar-refractivity contribution in [2.75, 3.05) is 7.11 Å². The molecule has 8 heteroatoms. The van der Waals surface area contributed by atoms with E-state index in [1.807, 2.05) is 79.1 Å². The summed E-state index contributed by atoms with van der Waals surface area (Å²) in [7, 11) is 1.63. The molecule has 0 aliphatic rings. The van der Waals surface area contributed by atoms with Gasteiger partial charge in [0.15, 0.2) is 11.0 Å². The number of hydrogen-bond donors (Lipinski definition) is 1. The van der Waals surface area contributed by atoms with Gasteiger partial charge in [0.05, 0.1) is 24.2 Å². The summed E-state index contributed by atoms with van der Waals surface area (Å²) in [5.41, 5.74) is 2.78. The number of ether oxygens (including phenoxy) is 1. The SMILES string of the molecule is COc1ccc(CNC(=O)C(C)Sc2nnc(-c3ccoc3C)n2-c2ccccc2)cc1. The van der Waals surface area contributed by atoms with Gasteiger partial charge in [-0.15, -0.1) is 10.2 Å². The van der Waals surface area contributed by atoms with E-state index in [0.717, 1.165) is 28.3 Å². The normalized spacial score (nSPS) is 11.8. The molecule has 0 fully saturated rings. The lowest BCUT2D eigenvalue weighted by molar-refractivity contribution is -0.120. The minimum absolute atomic E-state index is 0.0746. The van der Waals surface area contributed by atoms with E-state index in [2.05, 4.69) is 15.5 Å². The Morgan fingerprint density at radius 3 is 2.53 bits per heavy atom. The number of amides is 1. The molecule has 0 bridgehead atoms. The molecule has 0 radical (unpaired) electrons. The van der Waals surface area contributed by atoms with Crippen LogP contribution in [0.25, 0.3) is 17.1 Å². The summed E-state index contributed by atoms with van der Waals surface area (Å²) in [5.74, 6) is 2.15. The van der Waals surface area contributed by atoms with Crippen molar-refractivity contribution in [2.45, 2.75) is 30.8 Å². The minimum atomic E-state index is -0.363. The summed E-state index contributed by atoms with van der Waals surface area (Å²) in [5, 5.41) is 12.1. The van der Waals surface area contributed by atoms with E-state index in [9.17, 15) is 4.79 Å². The number of carbonyl (C=O) groups excluding carboxylic acids is 1. The van der Waals surface area contributed by atoms with Crippen molar-refractivity contribution in [3.05, 3.63) is 78.3 Å². The molecule has 0 saturated heterocycles. The Morgan fingerprint density at radius 1 is 1.12 bits per heavy atom. The van der Waals surface area contributed by atoms with Crippen LogP contribution in [0.4, 0.5) is 0 Å². The molecule has 1 atom stereocenters. The predicted molar refractivity (Wildman–Crippen MR) is 124 cm³/mol. The van der Waals surface area contributed by atoms with E-state index in [0.29, 0.717) is 17.5 Å². The third-order valence-electron chi connectivity index (χ3n) is 5.02. The molecule has 4 rings (SSSR count). The van der Waals surface area contributed by atoms with Gasteiger partial charge in [0.1, 0.15) is 11.5 Å². The van der Waals surface area contributed by atoms with Crippen molar-refractivity contribution in [2.24, 2.45) is 0 Å². The fraction of sp³-hybridized carbons (Fsp3) is 0.208. The van der Waals surface area contributed by atoms with Crippen LogP contribution in [-0.2, 0) is 11.3 Å². The van der Waals surface area contributed by atoms with Crippen molar-refractivity contribution in [3.63, 3.8) is 0 Å². The van der Waals surface area contributed by atoms with Crippen LogP contribution in [-0.4, -0.2) is 33.0 Å². The Morgan fingerprint density at radius 2 is 1.88 bits per heavy atom. The summed E-state index contributed by atoms with van der Waals surface area (Å²) in [6, 6.07) is 19.3. The third kappa shape index (κ3) is 4.70. The highest BCUT2D eigenvalue weighted by molar-refractivity contribution is 8.00. The molecular formula is C24H24N4O3S. The van der Waals surface area contributed by atoms with Gasteiger partial charge in [-0.1, -0.05) is 42.1 Å². The van der Waals surface area contributed by atoms with E-state index in [1.54, 1.807) is 13.4 Å². The number of rotatable bonds is 8. The Balaban J connectivity index is 1.52. The molecule has 164 valence electrons. The van der Waals surface area contributed by atoms with E-state index in [-0.39, 0.29) is 11.2 Å². The number of furan rings is 1. The number of para-hydroxylation sites is 1. The zero-order valence-electron chi connectivity index (χ0n) is 18.1. The Kier molecular flexibility index (Phi) is 6.61. The number of nitrogens with one attached hydrogen (secondary N) is 1. The van der Waals surface area contributed by atoms with Crippen LogP contribution in [0.5, 0.6) is 5.75 Å². The van der Waals surface area contributed by atoms with E-state index < -0.39 is 0 Å². The van der Waals surface area contributed by atoms with Crippen molar-refractivity contribution in [3.8, 4) is 22.8 Å². The summed E-state index contributed by atoms with van der Waals surface area (Å²) < 4.78 is 12.6. The summed E-state index contributed by atoms with van der Waals surface area (Å²) in [6.45, 7) is 4.20. The first-order valence-corrected chi connectivity index (χ1v) is 11.1. The number of aromatic nitrogens is 3. The van der Waals surface area contributed by atoms with E-state index in [1.165, 1.54) is 11.8 Å². The zero-order valence-corrected chi connectivity index (χ0v) is 18.9. The van der Waals surface area contributed by atoms with Crippen LogP contribution in [0.1, 0.15) is 18.2 Å². The molecular weight excluding hydrogens is 424 g/mol. The molecule has 0 aliphatic carbocycles. The smallest absolute Gasteiger partial charge is 0.233 e. The topological polar surface area (TPSA) is 82.2 Å². The first kappa shape index (κ1) is 21.7. The van der Waals surface area contributed by atoms with Crippen LogP contribution >= 0.6 is 11.8 Å². The summed E-state index contributed by atoms with van der Waals surface area (Å²) >= 11 is 1.37. The van der Waals surface area contributed by atoms with Crippen LogP contribution < -0.4 is 10.1 Å². The highest BCUT2D eigenvalue weighted by Gasteiger charge is 2.23. The van der Waals surface area contributed by atoms with Gasteiger partial charge in [-0.25, -0.2) is 0 Å². The van der Waals surface area contributed by atoms with Gasteiger partial charge >= 0.3 is 0 Å². The summed E-state index contributed by atoms with van der Waals surface area (Å²) in [4.78, 5) is 12.8. The molecule has 7 nitrogen and oxygen atoms in total. The number of methoxy groups -OCH3 is 1. The van der Waals surface area contributed by atoms with Gasteiger partial charge in [-0.2, -0.15) is 0 Å². The second-order valence-corrected chi connectivity index (χ2v) is 8.50. The quantitative estimate of drug-likeness (QED) is 0.396. The standard InChI is InChI=1S/C24H24N4O3S/c1-16-21(13-14-31-16)22-26-27-24(28(22)19-7-5-4-6-8-19)32-17(2)23(29)25-15-18-9-11-20(30-3)12-10-18/h4-14,17H,15H2,1-3H3,(H,25,29).